The largest absolute Gasteiger partial charge is 0.458 e. The average molecular weight is 383 g/mol. The van der Waals surface area contributed by atoms with E-state index in [4.69, 9.17) is 13.9 Å². The van der Waals surface area contributed by atoms with Crippen molar-refractivity contribution in [2.75, 3.05) is 13.3 Å². The molecule has 3 aromatic rings. The van der Waals surface area contributed by atoms with Crippen molar-refractivity contribution in [2.24, 2.45) is 0 Å². The van der Waals surface area contributed by atoms with Crippen molar-refractivity contribution < 1.29 is 23.8 Å². The Bertz CT molecular complexity index is 961. The van der Waals surface area contributed by atoms with Crippen LogP contribution in [0.2, 0.25) is 0 Å². The summed E-state index contributed by atoms with van der Waals surface area (Å²) in [5, 5.41) is 16.8. The summed E-state index contributed by atoms with van der Waals surface area (Å²) in [7, 11) is 0. The second-order valence-corrected chi connectivity index (χ2v) is 6.70. The van der Waals surface area contributed by atoms with Gasteiger partial charge < -0.3 is 24.3 Å². The molecule has 0 unspecified atom stereocenters. The minimum atomic E-state index is -0.916. The smallest absolute Gasteiger partial charge is 0.244 e. The molecule has 1 aromatic carbocycles. The lowest BCUT2D eigenvalue weighted by Gasteiger charge is -2.08. The number of thiophene rings is 1. The highest BCUT2D eigenvalue weighted by atomic mass is 32.1. The maximum absolute atomic E-state index is 12.0. The van der Waals surface area contributed by atoms with E-state index in [0.717, 1.165) is 11.1 Å². The number of amides is 1. The van der Waals surface area contributed by atoms with Crippen LogP contribution in [0.25, 0.3) is 17.4 Å². The van der Waals surface area contributed by atoms with Crippen LogP contribution < -0.4 is 14.8 Å². The molecule has 27 heavy (non-hydrogen) atoms. The minimum Gasteiger partial charge on any atom is -0.458 e. The lowest BCUT2D eigenvalue weighted by molar-refractivity contribution is -0.116. The third-order valence-electron chi connectivity index (χ3n) is 4.05. The number of ether oxygens (including phenoxy) is 2. The number of fused-ring (bicyclic) bond motifs is 1. The van der Waals surface area contributed by atoms with E-state index in [9.17, 15) is 9.90 Å². The number of nitrogens with one attached hydrogen (secondary N) is 1. The average Bonchev–Trinajstić information content (AvgIpc) is 3.44. The van der Waals surface area contributed by atoms with E-state index in [0.29, 0.717) is 23.0 Å². The highest BCUT2D eigenvalue weighted by Crippen LogP contribution is 2.32. The molecule has 4 rings (SSSR count). The van der Waals surface area contributed by atoms with E-state index in [1.165, 1.54) is 6.08 Å². The summed E-state index contributed by atoms with van der Waals surface area (Å²) >= 11 is 1.57. The molecular formula is C20H17NO5S. The molecule has 1 aliphatic rings. The molecule has 0 saturated heterocycles. The van der Waals surface area contributed by atoms with Crippen LogP contribution in [-0.4, -0.2) is 24.4 Å². The Labute approximate surface area is 159 Å². The van der Waals surface area contributed by atoms with Crippen LogP contribution in [0, 0.1) is 0 Å². The summed E-state index contributed by atoms with van der Waals surface area (Å²) in [4.78, 5) is 12.0. The van der Waals surface area contributed by atoms with Gasteiger partial charge in [0, 0.05) is 17.0 Å². The van der Waals surface area contributed by atoms with Crippen LogP contribution in [0.15, 0.2) is 57.7 Å². The minimum absolute atomic E-state index is 0.0565. The molecule has 2 aromatic heterocycles. The molecule has 1 aliphatic heterocycles. The van der Waals surface area contributed by atoms with Gasteiger partial charge in [0.05, 0.1) is 6.54 Å². The quantitative estimate of drug-likeness (QED) is 0.636. The SMILES string of the molecule is O=C(/C=C/c1ccc2c(c1)OCO2)NC[C@@H](O)c1ccc(-c2ccsc2)o1. The van der Waals surface area contributed by atoms with Crippen molar-refractivity contribution >= 4 is 23.3 Å². The molecule has 1 amide bonds. The molecule has 0 radical (unpaired) electrons. The van der Waals surface area contributed by atoms with Crippen molar-refractivity contribution in [3.8, 4) is 22.8 Å². The first kappa shape index (κ1) is 17.4. The van der Waals surface area contributed by atoms with Crippen LogP contribution in [0.5, 0.6) is 11.5 Å². The third-order valence-corrected chi connectivity index (χ3v) is 4.74. The van der Waals surface area contributed by atoms with E-state index in [1.54, 1.807) is 35.6 Å². The Balaban J connectivity index is 1.31. The second kappa shape index (κ2) is 7.69. The highest BCUT2D eigenvalue weighted by Gasteiger charge is 2.15. The number of carbonyl (C=O) groups excluding carboxylic acids is 1. The van der Waals surface area contributed by atoms with Crippen molar-refractivity contribution in [1.82, 2.24) is 5.32 Å². The van der Waals surface area contributed by atoms with Crippen LogP contribution >= 0.6 is 11.3 Å². The van der Waals surface area contributed by atoms with Gasteiger partial charge in [-0.2, -0.15) is 11.3 Å². The van der Waals surface area contributed by atoms with Crippen LogP contribution in [0.4, 0.5) is 0 Å². The van der Waals surface area contributed by atoms with Gasteiger partial charge in [-0.05, 0) is 47.4 Å². The first-order valence-electron chi connectivity index (χ1n) is 8.35. The number of rotatable bonds is 6. The van der Waals surface area contributed by atoms with Crippen molar-refractivity contribution in [2.45, 2.75) is 6.10 Å². The van der Waals surface area contributed by atoms with Gasteiger partial charge in [-0.3, -0.25) is 4.79 Å². The van der Waals surface area contributed by atoms with E-state index < -0.39 is 6.10 Å². The molecule has 138 valence electrons. The van der Waals surface area contributed by atoms with Gasteiger partial charge in [0.1, 0.15) is 17.6 Å². The maximum atomic E-state index is 12.0. The zero-order valence-electron chi connectivity index (χ0n) is 14.3. The zero-order chi connectivity index (χ0) is 18.6. The summed E-state index contributed by atoms with van der Waals surface area (Å²) in [6, 6.07) is 10.9. The van der Waals surface area contributed by atoms with E-state index >= 15 is 0 Å². The fraction of sp³-hybridized carbons (Fsp3) is 0.150. The van der Waals surface area contributed by atoms with Gasteiger partial charge >= 0.3 is 0 Å². The summed E-state index contributed by atoms with van der Waals surface area (Å²) in [6.45, 7) is 0.267. The number of aliphatic hydroxyl groups is 1. The first-order chi connectivity index (χ1) is 13.2. The standard InChI is InChI=1S/C20H17NO5S/c22-15(17-5-4-16(26-17)14-7-8-27-11-14)10-21-20(23)6-2-13-1-3-18-19(9-13)25-12-24-18/h1-9,11,15,22H,10,12H2,(H,21,23)/b6-2+/t15-/m1/s1. The van der Waals surface area contributed by atoms with Crippen LogP contribution in [-0.2, 0) is 4.79 Å². The Morgan fingerprint density at radius 1 is 1.22 bits per heavy atom. The number of aliphatic hydroxyl groups excluding tert-OH is 1. The summed E-state index contributed by atoms with van der Waals surface area (Å²) in [5.41, 5.74) is 1.79. The molecule has 1 atom stereocenters. The Hall–Kier alpha value is -3.03. The predicted molar refractivity (Wildman–Crippen MR) is 102 cm³/mol. The van der Waals surface area contributed by atoms with Crippen molar-refractivity contribution in [3.05, 3.63) is 64.6 Å². The Morgan fingerprint density at radius 2 is 2.11 bits per heavy atom. The normalized spacial score (nSPS) is 13.8. The molecule has 0 aliphatic carbocycles. The Kier molecular flexibility index (Phi) is 4.95. The molecular weight excluding hydrogens is 366 g/mol. The molecule has 7 heteroatoms. The number of carbonyl (C=O) groups is 1. The Morgan fingerprint density at radius 3 is 2.96 bits per heavy atom. The van der Waals surface area contributed by atoms with Gasteiger partial charge in [0.25, 0.3) is 0 Å². The molecule has 6 nitrogen and oxygen atoms in total. The molecule has 0 bridgehead atoms. The predicted octanol–water partition coefficient (Wildman–Crippen LogP) is 3.60. The zero-order valence-corrected chi connectivity index (χ0v) is 15.1. The van der Waals surface area contributed by atoms with Crippen LogP contribution in [0.1, 0.15) is 17.4 Å². The maximum Gasteiger partial charge on any atom is 0.244 e. The first-order valence-corrected chi connectivity index (χ1v) is 9.29. The van der Waals surface area contributed by atoms with E-state index in [1.807, 2.05) is 29.0 Å². The molecule has 0 spiro atoms. The monoisotopic (exact) mass is 383 g/mol. The molecule has 3 heterocycles. The van der Waals surface area contributed by atoms with Crippen LogP contribution in [0.3, 0.4) is 0 Å². The van der Waals surface area contributed by atoms with Gasteiger partial charge in [0.2, 0.25) is 12.7 Å². The van der Waals surface area contributed by atoms with Gasteiger partial charge in [-0.1, -0.05) is 6.07 Å². The summed E-state index contributed by atoms with van der Waals surface area (Å²) < 4.78 is 16.2. The highest BCUT2D eigenvalue weighted by molar-refractivity contribution is 7.08. The fourth-order valence-electron chi connectivity index (χ4n) is 2.64. The lowest BCUT2D eigenvalue weighted by atomic mass is 10.2. The molecule has 0 fully saturated rings. The number of furan rings is 1. The van der Waals surface area contributed by atoms with Crippen molar-refractivity contribution in [3.63, 3.8) is 0 Å². The molecule has 2 N–H and O–H groups in total. The summed E-state index contributed by atoms with van der Waals surface area (Å²) in [5.74, 6) is 2.15. The topological polar surface area (TPSA) is 80.9 Å². The molecule has 0 saturated carbocycles. The van der Waals surface area contributed by atoms with Crippen molar-refractivity contribution in [1.29, 1.82) is 0 Å². The second-order valence-electron chi connectivity index (χ2n) is 5.92. The number of hydrogen-bond donors (Lipinski definition) is 2. The van der Waals surface area contributed by atoms with E-state index in [-0.39, 0.29) is 19.2 Å². The lowest BCUT2D eigenvalue weighted by Crippen LogP contribution is -2.26. The van der Waals surface area contributed by atoms with Gasteiger partial charge in [0.15, 0.2) is 11.5 Å². The van der Waals surface area contributed by atoms with E-state index in [2.05, 4.69) is 5.32 Å². The fourth-order valence-corrected chi connectivity index (χ4v) is 3.28. The van der Waals surface area contributed by atoms with Gasteiger partial charge in [-0.15, -0.1) is 0 Å². The summed E-state index contributed by atoms with van der Waals surface area (Å²) in [6.07, 6.45) is 2.16. The van der Waals surface area contributed by atoms with Gasteiger partial charge in [-0.25, -0.2) is 0 Å². The number of benzene rings is 1. The number of hydrogen-bond acceptors (Lipinski definition) is 6. The third kappa shape index (κ3) is 4.05.